The van der Waals surface area contributed by atoms with Crippen molar-refractivity contribution >= 4 is 17.2 Å². The predicted octanol–water partition coefficient (Wildman–Crippen LogP) is 1.36. The third-order valence-corrected chi connectivity index (χ3v) is 3.43. The number of nitrogens with two attached hydrogens (primary N) is 1. The molecular weight excluding hydrogens is 210 g/mol. The fourth-order valence-corrected chi connectivity index (χ4v) is 1.94. The van der Waals surface area contributed by atoms with E-state index in [4.69, 9.17) is 10.9 Å². The molecule has 0 saturated heterocycles. The van der Waals surface area contributed by atoms with Crippen molar-refractivity contribution in [2.24, 2.45) is 10.9 Å². The maximum atomic E-state index is 8.54. The van der Waals surface area contributed by atoms with Gasteiger partial charge in [-0.3, -0.25) is 4.90 Å². The third-order valence-electron chi connectivity index (χ3n) is 2.50. The molecular formula is C10H17N3OS. The highest BCUT2D eigenvalue weighted by Crippen LogP contribution is 2.10. The van der Waals surface area contributed by atoms with Gasteiger partial charge in [-0.2, -0.15) is 0 Å². The average molecular weight is 227 g/mol. The van der Waals surface area contributed by atoms with Gasteiger partial charge in [0.05, 0.1) is 6.04 Å². The second-order valence-corrected chi connectivity index (χ2v) is 4.54. The van der Waals surface area contributed by atoms with Crippen LogP contribution in [0, 0.1) is 0 Å². The zero-order valence-corrected chi connectivity index (χ0v) is 9.87. The van der Waals surface area contributed by atoms with Crippen LogP contribution in [-0.2, 0) is 6.42 Å². The van der Waals surface area contributed by atoms with E-state index in [0.29, 0.717) is 0 Å². The number of likely N-dealkylation sites (N-methyl/N-ethyl adjacent to an activating group) is 1. The Kier molecular flexibility index (Phi) is 4.58. The summed E-state index contributed by atoms with van der Waals surface area (Å²) in [5.74, 6) is 0.253. The lowest BCUT2D eigenvalue weighted by molar-refractivity contribution is 0.286. The number of rotatable bonds is 5. The molecule has 0 aliphatic rings. The number of hydrogen-bond acceptors (Lipinski definition) is 4. The van der Waals surface area contributed by atoms with Crippen LogP contribution in [0.4, 0.5) is 0 Å². The second-order valence-electron chi connectivity index (χ2n) is 3.51. The summed E-state index contributed by atoms with van der Waals surface area (Å²) in [6.07, 6.45) is 0.997. The molecule has 1 unspecified atom stereocenters. The van der Waals surface area contributed by atoms with E-state index < -0.39 is 0 Å². The zero-order chi connectivity index (χ0) is 11.3. The zero-order valence-electron chi connectivity index (χ0n) is 9.05. The summed E-state index contributed by atoms with van der Waals surface area (Å²) < 4.78 is 0. The highest BCUT2D eigenvalue weighted by molar-refractivity contribution is 7.09. The van der Waals surface area contributed by atoms with Crippen molar-refractivity contribution < 1.29 is 5.21 Å². The first-order valence-electron chi connectivity index (χ1n) is 4.85. The molecule has 0 radical (unpaired) electrons. The Morgan fingerprint density at radius 2 is 2.47 bits per heavy atom. The van der Waals surface area contributed by atoms with Crippen LogP contribution in [0.2, 0.25) is 0 Å². The molecule has 5 heteroatoms. The van der Waals surface area contributed by atoms with E-state index in [9.17, 15) is 0 Å². The van der Waals surface area contributed by atoms with Gasteiger partial charge in [-0.25, -0.2) is 0 Å². The van der Waals surface area contributed by atoms with Gasteiger partial charge in [-0.05, 0) is 31.8 Å². The van der Waals surface area contributed by atoms with E-state index in [-0.39, 0.29) is 11.9 Å². The number of thiophene rings is 1. The molecule has 0 aliphatic heterocycles. The maximum Gasteiger partial charge on any atom is 0.156 e. The molecule has 0 aliphatic carbocycles. The first-order chi connectivity index (χ1) is 7.15. The van der Waals surface area contributed by atoms with E-state index in [0.717, 1.165) is 13.0 Å². The number of nitrogens with zero attached hydrogens (tertiary/aromatic N) is 2. The SMILES string of the molecule is CC(C(N)=NO)N(C)CCc1cccs1. The third kappa shape index (κ3) is 3.53. The molecule has 0 spiro atoms. The molecule has 1 aromatic rings. The van der Waals surface area contributed by atoms with Gasteiger partial charge in [0, 0.05) is 11.4 Å². The average Bonchev–Trinajstić information content (AvgIpc) is 2.76. The summed E-state index contributed by atoms with van der Waals surface area (Å²) in [6, 6.07) is 4.13. The molecule has 4 nitrogen and oxygen atoms in total. The number of amidine groups is 1. The summed E-state index contributed by atoms with van der Waals surface area (Å²) >= 11 is 1.75. The fraction of sp³-hybridized carbons (Fsp3) is 0.500. The lowest BCUT2D eigenvalue weighted by Gasteiger charge is -2.22. The summed E-state index contributed by atoms with van der Waals surface area (Å²) in [5, 5.41) is 13.6. The molecule has 1 atom stereocenters. The molecule has 0 fully saturated rings. The first kappa shape index (κ1) is 12.0. The van der Waals surface area contributed by atoms with Crippen LogP contribution in [0.1, 0.15) is 11.8 Å². The van der Waals surface area contributed by atoms with Crippen LogP contribution in [0.25, 0.3) is 0 Å². The summed E-state index contributed by atoms with van der Waals surface area (Å²) in [6.45, 7) is 2.82. The Hall–Kier alpha value is -1.07. The van der Waals surface area contributed by atoms with Gasteiger partial charge in [-0.15, -0.1) is 11.3 Å². The Morgan fingerprint density at radius 3 is 3.00 bits per heavy atom. The molecule has 0 saturated carbocycles. The van der Waals surface area contributed by atoms with Crippen molar-refractivity contribution in [1.82, 2.24) is 4.90 Å². The van der Waals surface area contributed by atoms with Crippen LogP contribution in [0.3, 0.4) is 0 Å². The van der Waals surface area contributed by atoms with Crippen molar-refractivity contribution in [3.63, 3.8) is 0 Å². The lowest BCUT2D eigenvalue weighted by atomic mass is 10.2. The highest BCUT2D eigenvalue weighted by atomic mass is 32.1. The van der Waals surface area contributed by atoms with Gasteiger partial charge in [0.2, 0.25) is 0 Å². The van der Waals surface area contributed by atoms with Gasteiger partial charge in [0.15, 0.2) is 5.84 Å². The van der Waals surface area contributed by atoms with E-state index in [2.05, 4.69) is 21.5 Å². The van der Waals surface area contributed by atoms with Gasteiger partial charge in [0.25, 0.3) is 0 Å². The van der Waals surface area contributed by atoms with Crippen molar-refractivity contribution in [3.05, 3.63) is 22.4 Å². The van der Waals surface area contributed by atoms with E-state index >= 15 is 0 Å². The van der Waals surface area contributed by atoms with Gasteiger partial charge in [0.1, 0.15) is 0 Å². The first-order valence-corrected chi connectivity index (χ1v) is 5.73. The summed E-state index contributed by atoms with van der Waals surface area (Å²) in [5.41, 5.74) is 5.53. The topological polar surface area (TPSA) is 61.9 Å². The van der Waals surface area contributed by atoms with Crippen LogP contribution in [0.5, 0.6) is 0 Å². The molecule has 0 amide bonds. The summed E-state index contributed by atoms with van der Waals surface area (Å²) in [4.78, 5) is 3.42. The van der Waals surface area contributed by atoms with Crippen molar-refractivity contribution in [1.29, 1.82) is 0 Å². The van der Waals surface area contributed by atoms with E-state index in [1.165, 1.54) is 4.88 Å². The molecule has 0 aromatic carbocycles. The molecule has 15 heavy (non-hydrogen) atoms. The normalized spacial score (nSPS) is 14.5. The minimum atomic E-state index is -0.0324. The van der Waals surface area contributed by atoms with E-state index in [1.54, 1.807) is 11.3 Å². The monoisotopic (exact) mass is 227 g/mol. The molecule has 0 bridgehead atoms. The Labute approximate surface area is 94.0 Å². The minimum Gasteiger partial charge on any atom is -0.409 e. The molecule has 3 N–H and O–H groups in total. The Morgan fingerprint density at radius 1 is 1.73 bits per heavy atom. The lowest BCUT2D eigenvalue weighted by Crippen LogP contribution is -2.41. The van der Waals surface area contributed by atoms with Crippen molar-refractivity contribution in [3.8, 4) is 0 Å². The molecule has 1 aromatic heterocycles. The second kappa shape index (κ2) is 5.72. The van der Waals surface area contributed by atoms with Crippen LogP contribution >= 0.6 is 11.3 Å². The quantitative estimate of drug-likeness (QED) is 0.345. The Balaban J connectivity index is 2.39. The van der Waals surface area contributed by atoms with Crippen LogP contribution in [0.15, 0.2) is 22.7 Å². The number of hydrogen-bond donors (Lipinski definition) is 2. The maximum absolute atomic E-state index is 8.54. The smallest absolute Gasteiger partial charge is 0.156 e. The predicted molar refractivity (Wildman–Crippen MR) is 63.5 cm³/mol. The minimum absolute atomic E-state index is 0.0324. The Bertz CT molecular complexity index is 310. The van der Waals surface area contributed by atoms with E-state index in [1.807, 2.05) is 20.0 Å². The number of oxime groups is 1. The van der Waals surface area contributed by atoms with Crippen molar-refractivity contribution in [2.45, 2.75) is 19.4 Å². The van der Waals surface area contributed by atoms with Gasteiger partial charge < -0.3 is 10.9 Å². The van der Waals surface area contributed by atoms with Gasteiger partial charge >= 0.3 is 0 Å². The summed E-state index contributed by atoms with van der Waals surface area (Å²) in [7, 11) is 1.97. The molecule has 84 valence electrons. The van der Waals surface area contributed by atoms with Gasteiger partial charge in [-0.1, -0.05) is 11.2 Å². The van der Waals surface area contributed by atoms with Crippen LogP contribution < -0.4 is 5.73 Å². The van der Waals surface area contributed by atoms with Crippen molar-refractivity contribution in [2.75, 3.05) is 13.6 Å². The fourth-order valence-electron chi connectivity index (χ4n) is 1.24. The largest absolute Gasteiger partial charge is 0.409 e. The molecule has 1 heterocycles. The standard InChI is InChI=1S/C10H17N3OS/c1-8(10(11)12-14)13(2)6-5-9-4-3-7-15-9/h3-4,7-8,14H,5-6H2,1-2H3,(H2,11,12). The van der Waals surface area contributed by atoms with Crippen LogP contribution in [-0.4, -0.2) is 35.6 Å². The molecule has 1 rings (SSSR count). The highest BCUT2D eigenvalue weighted by Gasteiger charge is 2.13.